The minimum Gasteiger partial charge on any atom is -0.462 e. The molecule has 0 aliphatic heterocycles. The van der Waals surface area contributed by atoms with Gasteiger partial charge < -0.3 is 19.3 Å². The minimum atomic E-state index is -4.71. The first-order valence-electron chi connectivity index (χ1n) is 11.8. The molecule has 0 heterocycles. The van der Waals surface area contributed by atoms with Gasteiger partial charge in [0.25, 0.3) is 0 Å². The molecule has 0 radical (unpaired) electrons. The van der Waals surface area contributed by atoms with Crippen molar-refractivity contribution in [3.8, 4) is 0 Å². The maximum absolute atomic E-state index is 12.0. The Bertz CT molecular complexity index is 651. The SMILES string of the molecule is CC/C=C\C/C=C\C/C=C\CCCCCCCC(=O)OC(COC(=O)CC)COP(=O)(O)O. The number of carbonyl (C=O) groups is 2. The Labute approximate surface area is 198 Å². The molecule has 0 aromatic rings. The molecule has 1 unspecified atom stereocenters. The van der Waals surface area contributed by atoms with Gasteiger partial charge in [-0.2, -0.15) is 0 Å². The fraction of sp³-hybridized carbons (Fsp3) is 0.667. The van der Waals surface area contributed by atoms with Crippen molar-refractivity contribution < 1.29 is 37.9 Å². The lowest BCUT2D eigenvalue weighted by atomic mass is 10.1. The summed E-state index contributed by atoms with van der Waals surface area (Å²) in [6.45, 7) is 2.88. The van der Waals surface area contributed by atoms with E-state index in [9.17, 15) is 14.2 Å². The molecule has 0 rings (SSSR count). The summed E-state index contributed by atoms with van der Waals surface area (Å²) in [7, 11) is -4.71. The zero-order valence-electron chi connectivity index (χ0n) is 20.0. The summed E-state index contributed by atoms with van der Waals surface area (Å²) in [6, 6.07) is 0. The number of ether oxygens (including phenoxy) is 2. The fourth-order valence-electron chi connectivity index (χ4n) is 2.72. The van der Waals surface area contributed by atoms with Crippen LogP contribution in [0.3, 0.4) is 0 Å². The van der Waals surface area contributed by atoms with Gasteiger partial charge in [0.05, 0.1) is 6.61 Å². The van der Waals surface area contributed by atoms with Gasteiger partial charge in [0.2, 0.25) is 0 Å². The number of carbonyl (C=O) groups excluding carboxylic acids is 2. The van der Waals surface area contributed by atoms with E-state index in [0.717, 1.165) is 51.4 Å². The fourth-order valence-corrected chi connectivity index (χ4v) is 3.08. The monoisotopic (exact) mass is 488 g/mol. The van der Waals surface area contributed by atoms with Gasteiger partial charge in [-0.1, -0.05) is 69.6 Å². The molecule has 8 nitrogen and oxygen atoms in total. The molecule has 0 saturated heterocycles. The lowest BCUT2D eigenvalue weighted by molar-refractivity contribution is -0.161. The van der Waals surface area contributed by atoms with Gasteiger partial charge in [-0.05, 0) is 38.5 Å². The molecule has 0 aromatic heterocycles. The van der Waals surface area contributed by atoms with Gasteiger partial charge in [-0.25, -0.2) is 4.57 Å². The van der Waals surface area contributed by atoms with Crippen LogP contribution in [0, 0.1) is 0 Å². The topological polar surface area (TPSA) is 119 Å². The third kappa shape index (κ3) is 23.2. The Morgan fingerprint density at radius 3 is 2.06 bits per heavy atom. The summed E-state index contributed by atoms with van der Waals surface area (Å²) in [6.07, 6.45) is 21.2. The normalized spacial score (nSPS) is 13.2. The largest absolute Gasteiger partial charge is 0.469 e. The first-order valence-corrected chi connectivity index (χ1v) is 13.3. The number of unbranched alkanes of at least 4 members (excludes halogenated alkanes) is 5. The molecule has 1 atom stereocenters. The molecule has 0 fully saturated rings. The van der Waals surface area contributed by atoms with Crippen LogP contribution in [0.15, 0.2) is 36.5 Å². The molecule has 0 aromatic carbocycles. The van der Waals surface area contributed by atoms with Crippen molar-refractivity contribution in [2.45, 2.75) is 90.6 Å². The molecule has 0 saturated carbocycles. The maximum atomic E-state index is 12.0. The summed E-state index contributed by atoms with van der Waals surface area (Å²) in [5, 5.41) is 0. The van der Waals surface area contributed by atoms with E-state index in [-0.39, 0.29) is 19.4 Å². The first-order chi connectivity index (χ1) is 15.8. The Balaban J connectivity index is 3.90. The number of rotatable bonds is 20. The van der Waals surface area contributed by atoms with E-state index in [1.54, 1.807) is 6.92 Å². The van der Waals surface area contributed by atoms with Gasteiger partial charge in [0.1, 0.15) is 6.61 Å². The number of phosphoric acid groups is 1. The molecule has 0 aliphatic carbocycles. The van der Waals surface area contributed by atoms with E-state index in [2.05, 4.69) is 47.9 Å². The van der Waals surface area contributed by atoms with Crippen molar-refractivity contribution in [2.24, 2.45) is 0 Å². The van der Waals surface area contributed by atoms with Crippen LogP contribution in [-0.2, 0) is 28.2 Å². The lowest BCUT2D eigenvalue weighted by Gasteiger charge is -2.18. The van der Waals surface area contributed by atoms with Crippen molar-refractivity contribution in [3.05, 3.63) is 36.5 Å². The van der Waals surface area contributed by atoms with Crippen LogP contribution in [0.5, 0.6) is 0 Å². The molecule has 0 bridgehead atoms. The van der Waals surface area contributed by atoms with Crippen LogP contribution >= 0.6 is 7.82 Å². The molecular formula is C24H41O8P. The molecule has 33 heavy (non-hydrogen) atoms. The second-order valence-corrected chi connectivity index (χ2v) is 8.77. The first kappa shape index (κ1) is 31.3. The van der Waals surface area contributed by atoms with Crippen LogP contribution < -0.4 is 0 Å². The van der Waals surface area contributed by atoms with E-state index >= 15 is 0 Å². The van der Waals surface area contributed by atoms with Crippen molar-refractivity contribution in [1.29, 1.82) is 0 Å². The Kier molecular flexibility index (Phi) is 19.8. The molecule has 2 N–H and O–H groups in total. The molecular weight excluding hydrogens is 447 g/mol. The summed E-state index contributed by atoms with van der Waals surface area (Å²) in [4.78, 5) is 40.9. The highest BCUT2D eigenvalue weighted by molar-refractivity contribution is 7.46. The van der Waals surface area contributed by atoms with Crippen LogP contribution in [0.25, 0.3) is 0 Å². The summed E-state index contributed by atoms with van der Waals surface area (Å²) in [5.74, 6) is -1.01. The van der Waals surface area contributed by atoms with E-state index < -0.39 is 32.5 Å². The maximum Gasteiger partial charge on any atom is 0.469 e. The summed E-state index contributed by atoms with van der Waals surface area (Å²) >= 11 is 0. The molecule has 0 spiro atoms. The Morgan fingerprint density at radius 1 is 0.818 bits per heavy atom. The van der Waals surface area contributed by atoms with Crippen molar-refractivity contribution >= 4 is 19.8 Å². The molecule has 0 amide bonds. The third-order valence-electron chi connectivity index (χ3n) is 4.48. The molecule has 0 aliphatic rings. The van der Waals surface area contributed by atoms with Crippen LogP contribution in [0.1, 0.15) is 84.5 Å². The number of esters is 2. The van der Waals surface area contributed by atoms with E-state index in [1.807, 2.05) is 0 Å². The van der Waals surface area contributed by atoms with E-state index in [0.29, 0.717) is 6.42 Å². The van der Waals surface area contributed by atoms with Crippen molar-refractivity contribution in [1.82, 2.24) is 0 Å². The standard InChI is InChI=1S/C24H41O8P/c1-3-5-6-7-8-9-10-11-12-13-14-15-16-17-18-19-24(26)32-22(20-30-23(25)4-2)21-31-33(27,28)29/h5-6,8-9,11-12,22H,3-4,7,10,13-21H2,1-2H3,(H2,27,28,29)/b6-5-,9-8-,12-11-. The summed E-state index contributed by atoms with van der Waals surface area (Å²) < 4.78 is 25.3. The van der Waals surface area contributed by atoms with Gasteiger partial charge >= 0.3 is 19.8 Å². The highest BCUT2D eigenvalue weighted by Crippen LogP contribution is 2.35. The second kappa shape index (κ2) is 20.8. The Morgan fingerprint density at radius 2 is 1.42 bits per heavy atom. The van der Waals surface area contributed by atoms with Gasteiger partial charge in [0, 0.05) is 12.8 Å². The second-order valence-electron chi connectivity index (χ2n) is 7.54. The van der Waals surface area contributed by atoms with Crippen LogP contribution in [0.2, 0.25) is 0 Å². The quantitative estimate of drug-likeness (QED) is 0.0991. The predicted molar refractivity (Wildman–Crippen MR) is 128 cm³/mol. The number of hydrogen-bond acceptors (Lipinski definition) is 6. The van der Waals surface area contributed by atoms with Crippen molar-refractivity contribution in [2.75, 3.05) is 13.2 Å². The minimum absolute atomic E-state index is 0.143. The van der Waals surface area contributed by atoms with Crippen LogP contribution in [-0.4, -0.2) is 41.0 Å². The van der Waals surface area contributed by atoms with E-state index in [4.69, 9.17) is 19.3 Å². The van der Waals surface area contributed by atoms with Crippen LogP contribution in [0.4, 0.5) is 0 Å². The average molecular weight is 489 g/mol. The number of phosphoric ester groups is 1. The zero-order chi connectivity index (χ0) is 24.8. The van der Waals surface area contributed by atoms with Gasteiger partial charge in [-0.15, -0.1) is 0 Å². The van der Waals surface area contributed by atoms with E-state index in [1.165, 1.54) is 0 Å². The number of allylic oxidation sites excluding steroid dienone is 6. The van der Waals surface area contributed by atoms with Gasteiger partial charge in [-0.3, -0.25) is 14.1 Å². The Hall–Kier alpha value is -1.73. The zero-order valence-corrected chi connectivity index (χ0v) is 20.9. The highest BCUT2D eigenvalue weighted by atomic mass is 31.2. The molecule has 9 heteroatoms. The summed E-state index contributed by atoms with van der Waals surface area (Å²) in [5.41, 5.74) is 0. The van der Waals surface area contributed by atoms with Gasteiger partial charge in [0.15, 0.2) is 6.10 Å². The highest BCUT2D eigenvalue weighted by Gasteiger charge is 2.22. The smallest absolute Gasteiger partial charge is 0.462 e. The average Bonchev–Trinajstić information content (AvgIpc) is 2.77. The molecule has 190 valence electrons. The number of hydrogen-bond donors (Lipinski definition) is 2. The predicted octanol–water partition coefficient (Wildman–Crippen LogP) is 5.55. The van der Waals surface area contributed by atoms with Crippen molar-refractivity contribution in [3.63, 3.8) is 0 Å². The lowest BCUT2D eigenvalue weighted by Crippen LogP contribution is -2.29. The third-order valence-corrected chi connectivity index (χ3v) is 4.96.